The molecular formula is C19H27N5O3S. The highest BCUT2D eigenvalue weighted by Gasteiger charge is 2.23. The van der Waals surface area contributed by atoms with E-state index in [0.29, 0.717) is 19.8 Å². The van der Waals surface area contributed by atoms with Crippen LogP contribution in [0.4, 0.5) is 11.6 Å². The van der Waals surface area contributed by atoms with Gasteiger partial charge >= 0.3 is 0 Å². The van der Waals surface area contributed by atoms with Crippen LogP contribution in [0.25, 0.3) is 0 Å². The number of nitrogens with zero attached hydrogens (tertiary/aromatic N) is 4. The third kappa shape index (κ3) is 4.96. The molecule has 1 fully saturated rings. The number of rotatable bonds is 8. The van der Waals surface area contributed by atoms with Crippen molar-refractivity contribution in [3.63, 3.8) is 0 Å². The maximum Gasteiger partial charge on any atom is 0.237 e. The number of amides is 1. The van der Waals surface area contributed by atoms with Crippen LogP contribution in [-0.4, -0.2) is 58.8 Å². The van der Waals surface area contributed by atoms with Gasteiger partial charge in [0.15, 0.2) is 5.16 Å². The Labute approximate surface area is 169 Å². The zero-order chi connectivity index (χ0) is 19.9. The molecule has 152 valence electrons. The molecule has 28 heavy (non-hydrogen) atoms. The van der Waals surface area contributed by atoms with E-state index in [0.717, 1.165) is 42.2 Å². The van der Waals surface area contributed by atoms with E-state index in [1.54, 1.807) is 0 Å². The molecule has 1 N–H and O–H groups in total. The van der Waals surface area contributed by atoms with Gasteiger partial charge in [0.1, 0.15) is 5.75 Å². The van der Waals surface area contributed by atoms with E-state index in [9.17, 15) is 4.79 Å². The van der Waals surface area contributed by atoms with Crippen molar-refractivity contribution in [1.82, 2.24) is 14.8 Å². The highest BCUT2D eigenvalue weighted by atomic mass is 32.2. The van der Waals surface area contributed by atoms with Crippen LogP contribution in [0, 0.1) is 0 Å². The van der Waals surface area contributed by atoms with Gasteiger partial charge in [0.25, 0.3) is 0 Å². The number of ether oxygens (including phenoxy) is 2. The third-order valence-electron chi connectivity index (χ3n) is 4.39. The van der Waals surface area contributed by atoms with Crippen molar-refractivity contribution < 1.29 is 14.3 Å². The van der Waals surface area contributed by atoms with Gasteiger partial charge in [-0.15, -0.1) is 10.2 Å². The van der Waals surface area contributed by atoms with Crippen molar-refractivity contribution in [2.24, 2.45) is 0 Å². The topological polar surface area (TPSA) is 81.5 Å². The van der Waals surface area contributed by atoms with Gasteiger partial charge in [0, 0.05) is 25.3 Å². The van der Waals surface area contributed by atoms with E-state index in [1.807, 2.05) is 38.1 Å². The first-order chi connectivity index (χ1) is 13.6. The maximum atomic E-state index is 12.6. The number of morpholine rings is 1. The first-order valence-electron chi connectivity index (χ1n) is 9.58. The number of nitrogens with one attached hydrogen (secondary N) is 1. The number of benzene rings is 1. The average Bonchev–Trinajstić information content (AvgIpc) is 3.12. The lowest BCUT2D eigenvalue weighted by Gasteiger charge is -2.27. The van der Waals surface area contributed by atoms with Crippen molar-refractivity contribution in [1.29, 1.82) is 0 Å². The van der Waals surface area contributed by atoms with Gasteiger partial charge in [-0.2, -0.15) is 0 Å². The Kier molecular flexibility index (Phi) is 7.16. The zero-order valence-electron chi connectivity index (χ0n) is 16.6. The Hall–Kier alpha value is -2.26. The molecule has 0 spiro atoms. The molecule has 1 amide bonds. The molecule has 0 bridgehead atoms. The van der Waals surface area contributed by atoms with Gasteiger partial charge in [-0.25, -0.2) is 0 Å². The van der Waals surface area contributed by atoms with E-state index in [2.05, 4.69) is 31.9 Å². The summed E-state index contributed by atoms with van der Waals surface area (Å²) >= 11 is 1.41. The van der Waals surface area contributed by atoms with E-state index >= 15 is 0 Å². The molecule has 1 aromatic heterocycles. The lowest BCUT2D eigenvalue weighted by Crippen LogP contribution is -2.38. The second-order valence-corrected chi connectivity index (χ2v) is 7.64. The maximum absolute atomic E-state index is 12.6. The van der Waals surface area contributed by atoms with Crippen LogP contribution in [0.2, 0.25) is 0 Å². The summed E-state index contributed by atoms with van der Waals surface area (Å²) < 4.78 is 12.9. The first-order valence-corrected chi connectivity index (χ1v) is 10.5. The molecule has 1 saturated heterocycles. The van der Waals surface area contributed by atoms with Crippen molar-refractivity contribution in [2.45, 2.75) is 37.7 Å². The van der Waals surface area contributed by atoms with Gasteiger partial charge in [-0.3, -0.25) is 9.36 Å². The summed E-state index contributed by atoms with van der Waals surface area (Å²) in [5.41, 5.74) is 0.742. The van der Waals surface area contributed by atoms with Gasteiger partial charge in [0.05, 0.1) is 25.1 Å². The number of anilines is 2. The molecule has 3 rings (SSSR count). The molecule has 8 nitrogen and oxygen atoms in total. The Morgan fingerprint density at radius 3 is 2.61 bits per heavy atom. The lowest BCUT2D eigenvalue weighted by atomic mass is 10.3. The van der Waals surface area contributed by atoms with Crippen molar-refractivity contribution in [3.8, 4) is 5.75 Å². The minimum Gasteiger partial charge on any atom is -0.494 e. The zero-order valence-corrected chi connectivity index (χ0v) is 17.4. The predicted molar refractivity (Wildman–Crippen MR) is 110 cm³/mol. The van der Waals surface area contributed by atoms with Gasteiger partial charge in [-0.1, -0.05) is 11.8 Å². The van der Waals surface area contributed by atoms with Crippen LogP contribution in [0.5, 0.6) is 5.75 Å². The fourth-order valence-electron chi connectivity index (χ4n) is 2.90. The quantitative estimate of drug-likeness (QED) is 0.676. The van der Waals surface area contributed by atoms with E-state index in [-0.39, 0.29) is 11.2 Å². The average molecular weight is 406 g/mol. The van der Waals surface area contributed by atoms with Crippen LogP contribution in [0.15, 0.2) is 29.4 Å². The molecular weight excluding hydrogens is 378 g/mol. The Morgan fingerprint density at radius 1 is 1.25 bits per heavy atom. The molecule has 9 heteroatoms. The second kappa shape index (κ2) is 9.79. The summed E-state index contributed by atoms with van der Waals surface area (Å²) in [5.74, 6) is 1.55. The highest BCUT2D eigenvalue weighted by molar-refractivity contribution is 8.00. The number of carbonyl (C=O) groups is 1. The highest BCUT2D eigenvalue weighted by Crippen LogP contribution is 2.27. The SMILES string of the molecule is CCOc1ccc(NC(=O)[C@@H](C)Sc2nnc(N3CCOCC3)n2CC)cc1. The number of hydrogen-bond donors (Lipinski definition) is 1. The fraction of sp³-hybridized carbons (Fsp3) is 0.526. The normalized spacial score (nSPS) is 15.3. The number of thioether (sulfide) groups is 1. The molecule has 2 heterocycles. The first kappa shape index (κ1) is 20.5. The second-order valence-electron chi connectivity index (χ2n) is 6.33. The minimum absolute atomic E-state index is 0.0762. The van der Waals surface area contributed by atoms with Crippen molar-refractivity contribution >= 4 is 29.3 Å². The van der Waals surface area contributed by atoms with Crippen LogP contribution < -0.4 is 15.0 Å². The molecule has 0 radical (unpaired) electrons. The lowest BCUT2D eigenvalue weighted by molar-refractivity contribution is -0.115. The summed E-state index contributed by atoms with van der Waals surface area (Å²) in [4.78, 5) is 14.8. The molecule has 1 aliphatic rings. The van der Waals surface area contributed by atoms with Gasteiger partial charge in [0.2, 0.25) is 11.9 Å². The van der Waals surface area contributed by atoms with E-state index in [4.69, 9.17) is 9.47 Å². The summed E-state index contributed by atoms with van der Waals surface area (Å²) in [7, 11) is 0. The summed E-state index contributed by atoms with van der Waals surface area (Å²) in [6, 6.07) is 7.37. The monoisotopic (exact) mass is 405 g/mol. The largest absolute Gasteiger partial charge is 0.494 e. The van der Waals surface area contributed by atoms with Crippen molar-refractivity contribution in [2.75, 3.05) is 43.1 Å². The van der Waals surface area contributed by atoms with E-state index < -0.39 is 0 Å². The molecule has 0 unspecified atom stereocenters. The van der Waals surface area contributed by atoms with Crippen LogP contribution in [0.3, 0.4) is 0 Å². The third-order valence-corrected chi connectivity index (χ3v) is 5.47. The van der Waals surface area contributed by atoms with Crippen LogP contribution >= 0.6 is 11.8 Å². The Bertz CT molecular complexity index is 774. The van der Waals surface area contributed by atoms with Gasteiger partial charge in [-0.05, 0) is 45.0 Å². The molecule has 1 aromatic carbocycles. The summed E-state index contributed by atoms with van der Waals surface area (Å²) in [5, 5.41) is 12.1. The predicted octanol–water partition coefficient (Wildman–Crippen LogP) is 2.65. The minimum atomic E-state index is -0.307. The van der Waals surface area contributed by atoms with Crippen molar-refractivity contribution in [3.05, 3.63) is 24.3 Å². The number of aromatic nitrogens is 3. The molecule has 0 aliphatic carbocycles. The smallest absolute Gasteiger partial charge is 0.237 e. The molecule has 1 aliphatic heterocycles. The summed E-state index contributed by atoms with van der Waals surface area (Å²) in [6.07, 6.45) is 0. The Morgan fingerprint density at radius 2 is 1.96 bits per heavy atom. The van der Waals surface area contributed by atoms with Gasteiger partial charge < -0.3 is 19.7 Å². The summed E-state index contributed by atoms with van der Waals surface area (Å²) in [6.45, 7) is 10.2. The van der Waals surface area contributed by atoms with Crippen LogP contribution in [0.1, 0.15) is 20.8 Å². The molecule has 1 atom stereocenters. The molecule has 0 saturated carbocycles. The fourth-order valence-corrected chi connectivity index (χ4v) is 3.81. The number of hydrogen-bond acceptors (Lipinski definition) is 7. The Balaban J connectivity index is 1.62. The van der Waals surface area contributed by atoms with E-state index in [1.165, 1.54) is 11.8 Å². The number of carbonyl (C=O) groups excluding carboxylic acids is 1. The van der Waals surface area contributed by atoms with Crippen LogP contribution in [-0.2, 0) is 16.1 Å². The molecule has 2 aromatic rings. The standard InChI is InChI=1S/C19H27N5O3S/c1-4-24-18(23-10-12-26-13-11-23)21-22-19(24)28-14(3)17(25)20-15-6-8-16(9-7-15)27-5-2/h6-9,14H,4-5,10-13H2,1-3H3,(H,20,25)/t14-/m1/s1.